The Bertz CT molecular complexity index is 971. The number of nitrogens with one attached hydrogen (secondary N) is 1. The van der Waals surface area contributed by atoms with E-state index in [0.29, 0.717) is 0 Å². The molecule has 0 bridgehead atoms. The number of nitrogens with zero attached hydrogens (tertiary/aromatic N) is 2. The van der Waals surface area contributed by atoms with Crippen molar-refractivity contribution >= 4 is 35.2 Å². The van der Waals surface area contributed by atoms with Gasteiger partial charge in [-0.1, -0.05) is 42.5 Å². The van der Waals surface area contributed by atoms with E-state index in [1.54, 1.807) is 12.2 Å². The Morgan fingerprint density at radius 1 is 1.14 bits per heavy atom. The van der Waals surface area contributed by atoms with Gasteiger partial charge >= 0.3 is 17.8 Å². The molecule has 148 valence electrons. The van der Waals surface area contributed by atoms with Gasteiger partial charge in [-0.3, -0.25) is 24.6 Å². The molecule has 9 heteroatoms. The topological polar surface area (TPSA) is 119 Å². The Morgan fingerprint density at radius 2 is 1.79 bits per heavy atom. The van der Waals surface area contributed by atoms with Crippen LogP contribution in [0.25, 0.3) is 6.08 Å². The second kappa shape index (κ2) is 8.34. The number of nitro benzene ring substituents is 1. The highest BCUT2D eigenvalue weighted by Crippen LogP contribution is 2.26. The number of non-ortho nitro benzene ring substituents is 1. The van der Waals surface area contributed by atoms with E-state index in [2.05, 4.69) is 5.32 Å². The van der Waals surface area contributed by atoms with Crippen molar-refractivity contribution in [2.75, 3.05) is 12.0 Å². The maximum absolute atomic E-state index is 12.6. The van der Waals surface area contributed by atoms with E-state index in [1.165, 1.54) is 31.4 Å². The zero-order chi connectivity index (χ0) is 21.0. The molecule has 1 fully saturated rings. The molecule has 2 aromatic carbocycles. The van der Waals surface area contributed by atoms with Crippen molar-refractivity contribution in [1.29, 1.82) is 0 Å². The van der Waals surface area contributed by atoms with Crippen LogP contribution in [0.3, 0.4) is 0 Å². The van der Waals surface area contributed by atoms with Crippen molar-refractivity contribution in [2.45, 2.75) is 12.1 Å². The van der Waals surface area contributed by atoms with Crippen molar-refractivity contribution in [3.05, 3.63) is 76.4 Å². The van der Waals surface area contributed by atoms with Gasteiger partial charge in [0.25, 0.3) is 5.69 Å². The second-order valence-corrected chi connectivity index (χ2v) is 6.18. The van der Waals surface area contributed by atoms with Gasteiger partial charge in [0, 0.05) is 17.8 Å². The first kappa shape index (κ1) is 19.7. The summed E-state index contributed by atoms with van der Waals surface area (Å²) < 4.78 is 4.78. The van der Waals surface area contributed by atoms with Crippen LogP contribution in [0, 0.1) is 10.1 Å². The van der Waals surface area contributed by atoms with Crippen LogP contribution in [0.5, 0.6) is 0 Å². The first-order valence-corrected chi connectivity index (χ1v) is 8.62. The fraction of sp³-hybridized carbons (Fsp3) is 0.150. The lowest BCUT2D eigenvalue weighted by Crippen LogP contribution is -2.65. The van der Waals surface area contributed by atoms with Crippen LogP contribution in [0.15, 0.2) is 60.7 Å². The van der Waals surface area contributed by atoms with Crippen LogP contribution in [-0.4, -0.2) is 41.9 Å². The molecule has 2 amide bonds. The summed E-state index contributed by atoms with van der Waals surface area (Å²) in [6.07, 6.45) is 3.32. The number of esters is 1. The van der Waals surface area contributed by atoms with Crippen molar-refractivity contribution in [3.63, 3.8) is 0 Å². The molecule has 1 aliphatic rings. The predicted octanol–water partition coefficient (Wildman–Crippen LogP) is 1.68. The monoisotopic (exact) mass is 395 g/mol. The van der Waals surface area contributed by atoms with E-state index >= 15 is 0 Å². The molecule has 0 unspecified atom stereocenters. The number of nitro groups is 1. The molecule has 0 spiro atoms. The summed E-state index contributed by atoms with van der Waals surface area (Å²) in [5, 5.41) is 13.3. The van der Waals surface area contributed by atoms with Crippen LogP contribution in [0.2, 0.25) is 0 Å². The predicted molar refractivity (Wildman–Crippen MR) is 104 cm³/mol. The first-order valence-electron chi connectivity index (χ1n) is 8.62. The Labute approximate surface area is 165 Å². The normalized spacial score (nSPS) is 19.1. The van der Waals surface area contributed by atoms with Crippen LogP contribution in [0.1, 0.15) is 5.56 Å². The molecule has 0 saturated carbocycles. The summed E-state index contributed by atoms with van der Waals surface area (Å²) in [6.45, 7) is 0. The second-order valence-electron chi connectivity index (χ2n) is 6.18. The first-order chi connectivity index (χ1) is 13.9. The highest BCUT2D eigenvalue weighted by atomic mass is 16.6. The number of anilines is 1. The smallest absolute Gasteiger partial charge is 0.330 e. The Morgan fingerprint density at radius 3 is 2.38 bits per heavy atom. The van der Waals surface area contributed by atoms with Crippen molar-refractivity contribution in [3.8, 4) is 0 Å². The largest absolute Gasteiger partial charge is 0.467 e. The summed E-state index contributed by atoms with van der Waals surface area (Å²) in [7, 11) is 1.18. The van der Waals surface area contributed by atoms with Crippen molar-refractivity contribution in [1.82, 2.24) is 5.32 Å². The molecule has 0 radical (unpaired) electrons. The average Bonchev–Trinajstić information content (AvgIpc) is 2.74. The van der Waals surface area contributed by atoms with Gasteiger partial charge in [0.05, 0.1) is 18.1 Å². The highest BCUT2D eigenvalue weighted by molar-refractivity contribution is 6.42. The Kier molecular flexibility index (Phi) is 5.68. The molecule has 0 aromatic heterocycles. The zero-order valence-corrected chi connectivity index (χ0v) is 15.3. The number of hydrogen-bond donors (Lipinski definition) is 1. The van der Waals surface area contributed by atoms with E-state index in [1.807, 2.05) is 30.3 Å². The summed E-state index contributed by atoms with van der Waals surface area (Å²) >= 11 is 0. The van der Waals surface area contributed by atoms with E-state index in [9.17, 15) is 24.5 Å². The van der Waals surface area contributed by atoms with Crippen molar-refractivity contribution < 1.29 is 24.0 Å². The van der Waals surface area contributed by atoms with Crippen LogP contribution in [-0.2, 0) is 19.1 Å². The third-order valence-electron chi connectivity index (χ3n) is 4.42. The molecule has 1 N–H and O–H groups in total. The number of hydrogen-bond acceptors (Lipinski definition) is 6. The van der Waals surface area contributed by atoms with E-state index in [-0.39, 0.29) is 11.4 Å². The molecule has 1 heterocycles. The molecular formula is C20H17N3O6. The van der Waals surface area contributed by atoms with Gasteiger partial charge in [-0.2, -0.15) is 0 Å². The minimum absolute atomic E-state index is 0.163. The van der Waals surface area contributed by atoms with E-state index in [0.717, 1.165) is 10.5 Å². The SMILES string of the molecule is COC(=O)[C@H]1NC(=O)C(=O)N(c2ccc([N+](=O)[O-])cc2)[C@@H]1/C=C/c1ccccc1. The summed E-state index contributed by atoms with van der Waals surface area (Å²) in [4.78, 5) is 48.5. The lowest BCUT2D eigenvalue weighted by molar-refractivity contribution is -0.384. The molecule has 1 aliphatic heterocycles. The zero-order valence-electron chi connectivity index (χ0n) is 15.3. The highest BCUT2D eigenvalue weighted by Gasteiger charge is 2.44. The van der Waals surface area contributed by atoms with Gasteiger partial charge in [0.1, 0.15) is 0 Å². The molecular weight excluding hydrogens is 378 g/mol. The summed E-state index contributed by atoms with van der Waals surface area (Å²) in [6, 6.07) is 12.3. The number of piperazine rings is 1. The van der Waals surface area contributed by atoms with E-state index < -0.39 is 34.8 Å². The molecule has 1 saturated heterocycles. The summed E-state index contributed by atoms with van der Waals surface area (Å²) in [5.41, 5.74) is 0.903. The number of methoxy groups -OCH3 is 1. The molecule has 9 nitrogen and oxygen atoms in total. The van der Waals surface area contributed by atoms with E-state index in [4.69, 9.17) is 4.74 Å². The van der Waals surface area contributed by atoms with Gasteiger partial charge in [0.15, 0.2) is 6.04 Å². The number of carbonyl (C=O) groups excluding carboxylic acids is 3. The minimum atomic E-state index is -1.14. The quantitative estimate of drug-likeness (QED) is 0.356. The minimum Gasteiger partial charge on any atom is -0.467 e. The third kappa shape index (κ3) is 4.13. The third-order valence-corrected chi connectivity index (χ3v) is 4.42. The standard InChI is InChI=1S/C20H17N3O6/c1-29-20(26)17-16(12-7-13-5-3-2-4-6-13)22(19(25)18(24)21-17)14-8-10-15(11-9-14)23(27)28/h2-12,16-17H,1H3,(H,21,24)/b12-7+/t16-,17+/m1/s1. The average molecular weight is 395 g/mol. The molecule has 3 rings (SSSR count). The number of carbonyl (C=O) groups is 3. The Balaban J connectivity index is 2.04. The summed E-state index contributed by atoms with van der Waals surface area (Å²) in [5.74, 6) is -2.58. The lowest BCUT2D eigenvalue weighted by Gasteiger charge is -2.38. The Hall–Kier alpha value is -4.01. The maximum Gasteiger partial charge on any atom is 0.330 e. The van der Waals surface area contributed by atoms with Gasteiger partial charge in [-0.25, -0.2) is 4.79 Å². The van der Waals surface area contributed by atoms with Crippen LogP contribution >= 0.6 is 0 Å². The molecule has 2 atom stereocenters. The van der Waals surface area contributed by atoms with Crippen LogP contribution in [0.4, 0.5) is 11.4 Å². The lowest BCUT2D eigenvalue weighted by atomic mass is 10.00. The van der Waals surface area contributed by atoms with Crippen LogP contribution < -0.4 is 10.2 Å². The molecule has 29 heavy (non-hydrogen) atoms. The van der Waals surface area contributed by atoms with Crippen molar-refractivity contribution in [2.24, 2.45) is 0 Å². The molecule has 0 aliphatic carbocycles. The fourth-order valence-corrected chi connectivity index (χ4v) is 3.00. The number of rotatable bonds is 5. The number of ether oxygens (including phenoxy) is 1. The van der Waals surface area contributed by atoms with Gasteiger partial charge in [-0.15, -0.1) is 0 Å². The van der Waals surface area contributed by atoms with Gasteiger partial charge in [-0.05, 0) is 17.7 Å². The maximum atomic E-state index is 12.6. The fourth-order valence-electron chi connectivity index (χ4n) is 3.00. The number of benzene rings is 2. The van der Waals surface area contributed by atoms with Gasteiger partial charge < -0.3 is 10.1 Å². The van der Waals surface area contributed by atoms with Gasteiger partial charge in [0.2, 0.25) is 0 Å². The molecule has 2 aromatic rings. The number of amides is 2.